The van der Waals surface area contributed by atoms with E-state index in [0.717, 1.165) is 13.0 Å². The Morgan fingerprint density at radius 3 is 2.24 bits per heavy atom. The fourth-order valence-electron chi connectivity index (χ4n) is 3.93. The predicted molar refractivity (Wildman–Crippen MR) is 87.3 cm³/mol. The lowest BCUT2D eigenvalue weighted by molar-refractivity contribution is -0.125. The van der Waals surface area contributed by atoms with Crippen LogP contribution in [0, 0.1) is 0 Å². The molecule has 4 nitrogen and oxygen atoms in total. The van der Waals surface area contributed by atoms with Crippen LogP contribution in [-0.2, 0) is 4.79 Å². The van der Waals surface area contributed by atoms with Crippen molar-refractivity contribution in [3.05, 3.63) is 0 Å². The van der Waals surface area contributed by atoms with Gasteiger partial charge in [-0.25, -0.2) is 0 Å². The molecular weight excluding hydrogens is 262 g/mol. The Morgan fingerprint density at radius 2 is 1.67 bits per heavy atom. The van der Waals surface area contributed by atoms with Gasteiger partial charge in [0.05, 0.1) is 6.04 Å². The molecule has 0 radical (unpaired) electrons. The van der Waals surface area contributed by atoms with E-state index in [1.807, 2.05) is 0 Å². The molecular formula is C17H33N3O. The molecule has 21 heavy (non-hydrogen) atoms. The molecule has 2 N–H and O–H groups in total. The summed E-state index contributed by atoms with van der Waals surface area (Å²) in [5.41, 5.74) is 0. The molecule has 1 heterocycles. The van der Waals surface area contributed by atoms with E-state index < -0.39 is 0 Å². The lowest BCUT2D eigenvalue weighted by Gasteiger charge is -2.27. The highest BCUT2D eigenvalue weighted by atomic mass is 16.2. The molecule has 1 aliphatic heterocycles. The summed E-state index contributed by atoms with van der Waals surface area (Å²) in [7, 11) is 1.75. The maximum Gasteiger partial charge on any atom is 0.237 e. The largest absolute Gasteiger partial charge is 0.358 e. The Balaban J connectivity index is 1.90. The maximum absolute atomic E-state index is 12.1. The molecule has 1 saturated heterocycles. The lowest BCUT2D eigenvalue weighted by Crippen LogP contribution is -2.45. The highest BCUT2D eigenvalue weighted by Crippen LogP contribution is 2.23. The van der Waals surface area contributed by atoms with Crippen molar-refractivity contribution in [2.45, 2.75) is 89.4 Å². The average Bonchev–Trinajstić information content (AvgIpc) is 2.85. The number of likely N-dealkylation sites (tertiary alicyclic amines) is 1. The van der Waals surface area contributed by atoms with Gasteiger partial charge in [-0.1, -0.05) is 32.1 Å². The number of hydrogen-bond donors (Lipinski definition) is 2. The van der Waals surface area contributed by atoms with Crippen molar-refractivity contribution in [1.29, 1.82) is 0 Å². The standard InChI is InChI=1S/C17H33N3O/c1-13(2)20-12-15(11-16(20)17(21)18-3)19-14-9-7-5-4-6-8-10-14/h13-16,19H,4-12H2,1-3H3,(H,18,21)/t15-,16-/m0/s1. The van der Waals surface area contributed by atoms with Crippen LogP contribution in [0.4, 0.5) is 0 Å². The number of carbonyl (C=O) groups is 1. The van der Waals surface area contributed by atoms with Gasteiger partial charge in [0, 0.05) is 31.7 Å². The third kappa shape index (κ3) is 4.68. The normalized spacial score (nSPS) is 29.3. The zero-order valence-corrected chi connectivity index (χ0v) is 14.0. The van der Waals surface area contributed by atoms with E-state index in [1.54, 1.807) is 7.05 Å². The Labute approximate surface area is 130 Å². The molecule has 122 valence electrons. The molecule has 4 heteroatoms. The molecule has 0 unspecified atom stereocenters. The van der Waals surface area contributed by atoms with E-state index in [1.165, 1.54) is 44.9 Å². The summed E-state index contributed by atoms with van der Waals surface area (Å²) >= 11 is 0. The summed E-state index contributed by atoms with van der Waals surface area (Å²) in [6.07, 6.45) is 10.5. The van der Waals surface area contributed by atoms with Gasteiger partial charge in [-0.2, -0.15) is 0 Å². The molecule has 2 rings (SSSR count). The Kier molecular flexibility index (Phi) is 6.49. The van der Waals surface area contributed by atoms with Crippen molar-refractivity contribution in [2.24, 2.45) is 0 Å². The van der Waals surface area contributed by atoms with Crippen molar-refractivity contribution >= 4 is 5.91 Å². The topological polar surface area (TPSA) is 44.4 Å². The number of likely N-dealkylation sites (N-methyl/N-ethyl adjacent to an activating group) is 1. The van der Waals surface area contributed by atoms with Crippen LogP contribution >= 0.6 is 0 Å². The molecule has 1 aliphatic carbocycles. The number of hydrogen-bond acceptors (Lipinski definition) is 3. The predicted octanol–water partition coefficient (Wildman–Crippen LogP) is 2.29. The van der Waals surface area contributed by atoms with Gasteiger partial charge in [0.15, 0.2) is 0 Å². The van der Waals surface area contributed by atoms with Crippen LogP contribution in [0.1, 0.15) is 65.2 Å². The molecule has 2 aliphatic rings. The van der Waals surface area contributed by atoms with E-state index in [-0.39, 0.29) is 11.9 Å². The summed E-state index contributed by atoms with van der Waals surface area (Å²) in [6, 6.07) is 1.60. The zero-order chi connectivity index (χ0) is 15.2. The molecule has 0 aromatic heterocycles. The van der Waals surface area contributed by atoms with Crippen molar-refractivity contribution < 1.29 is 4.79 Å². The van der Waals surface area contributed by atoms with Gasteiger partial charge in [-0.15, -0.1) is 0 Å². The van der Waals surface area contributed by atoms with Crippen LogP contribution in [0.15, 0.2) is 0 Å². The SMILES string of the molecule is CNC(=O)[C@@H]1C[C@H](NC2CCCCCCC2)CN1C(C)C. The Morgan fingerprint density at radius 1 is 1.05 bits per heavy atom. The first kappa shape index (κ1) is 16.8. The molecule has 1 amide bonds. The molecule has 2 fully saturated rings. The second-order valence-corrected chi connectivity index (χ2v) is 7.06. The minimum Gasteiger partial charge on any atom is -0.358 e. The molecule has 0 aromatic carbocycles. The molecule has 1 saturated carbocycles. The third-order valence-corrected chi connectivity index (χ3v) is 5.13. The first-order valence-electron chi connectivity index (χ1n) is 8.85. The van der Waals surface area contributed by atoms with Crippen LogP contribution in [0.25, 0.3) is 0 Å². The summed E-state index contributed by atoms with van der Waals surface area (Å²) in [4.78, 5) is 14.4. The number of carbonyl (C=O) groups excluding carboxylic acids is 1. The van der Waals surface area contributed by atoms with Gasteiger partial charge in [-0.05, 0) is 33.1 Å². The average molecular weight is 295 g/mol. The van der Waals surface area contributed by atoms with Gasteiger partial charge in [0.2, 0.25) is 5.91 Å². The molecule has 2 atom stereocenters. The fraction of sp³-hybridized carbons (Fsp3) is 0.941. The maximum atomic E-state index is 12.1. The van der Waals surface area contributed by atoms with Gasteiger partial charge >= 0.3 is 0 Å². The summed E-state index contributed by atoms with van der Waals surface area (Å²) in [5, 5.41) is 6.68. The zero-order valence-electron chi connectivity index (χ0n) is 14.0. The van der Waals surface area contributed by atoms with Crippen LogP contribution in [0.2, 0.25) is 0 Å². The quantitative estimate of drug-likeness (QED) is 0.836. The summed E-state index contributed by atoms with van der Waals surface area (Å²) in [5.74, 6) is 0.172. The number of nitrogens with zero attached hydrogens (tertiary/aromatic N) is 1. The van der Waals surface area contributed by atoms with E-state index in [2.05, 4.69) is 29.4 Å². The second-order valence-electron chi connectivity index (χ2n) is 7.06. The number of nitrogens with one attached hydrogen (secondary N) is 2. The van der Waals surface area contributed by atoms with Crippen LogP contribution < -0.4 is 10.6 Å². The smallest absolute Gasteiger partial charge is 0.237 e. The summed E-state index contributed by atoms with van der Waals surface area (Å²) < 4.78 is 0. The molecule has 0 bridgehead atoms. The van der Waals surface area contributed by atoms with Gasteiger partial charge in [0.25, 0.3) is 0 Å². The van der Waals surface area contributed by atoms with Gasteiger partial charge < -0.3 is 10.6 Å². The van der Waals surface area contributed by atoms with Crippen molar-refractivity contribution in [3.8, 4) is 0 Å². The molecule has 0 spiro atoms. The lowest BCUT2D eigenvalue weighted by atomic mass is 9.96. The van der Waals surface area contributed by atoms with E-state index in [9.17, 15) is 4.79 Å². The van der Waals surface area contributed by atoms with Crippen molar-refractivity contribution in [2.75, 3.05) is 13.6 Å². The minimum absolute atomic E-state index is 0.0426. The third-order valence-electron chi connectivity index (χ3n) is 5.13. The second kappa shape index (κ2) is 8.14. The summed E-state index contributed by atoms with van der Waals surface area (Å²) in [6.45, 7) is 5.38. The van der Waals surface area contributed by atoms with E-state index in [4.69, 9.17) is 0 Å². The van der Waals surface area contributed by atoms with Crippen LogP contribution in [-0.4, -0.2) is 48.6 Å². The van der Waals surface area contributed by atoms with Crippen LogP contribution in [0.5, 0.6) is 0 Å². The van der Waals surface area contributed by atoms with E-state index in [0.29, 0.717) is 18.1 Å². The monoisotopic (exact) mass is 295 g/mol. The Hall–Kier alpha value is -0.610. The first-order chi connectivity index (χ1) is 10.1. The fourth-order valence-corrected chi connectivity index (χ4v) is 3.93. The van der Waals surface area contributed by atoms with Crippen molar-refractivity contribution in [3.63, 3.8) is 0 Å². The number of rotatable bonds is 4. The minimum atomic E-state index is 0.0426. The highest BCUT2D eigenvalue weighted by Gasteiger charge is 2.38. The highest BCUT2D eigenvalue weighted by molar-refractivity contribution is 5.81. The Bertz CT molecular complexity index is 324. The van der Waals surface area contributed by atoms with Gasteiger partial charge in [0.1, 0.15) is 0 Å². The van der Waals surface area contributed by atoms with Crippen LogP contribution in [0.3, 0.4) is 0 Å². The molecule has 0 aromatic rings. The first-order valence-corrected chi connectivity index (χ1v) is 8.85. The van der Waals surface area contributed by atoms with Gasteiger partial charge in [-0.3, -0.25) is 9.69 Å². The van der Waals surface area contributed by atoms with E-state index >= 15 is 0 Å². The number of amides is 1. The van der Waals surface area contributed by atoms with Crippen molar-refractivity contribution in [1.82, 2.24) is 15.5 Å².